The fourth-order valence-corrected chi connectivity index (χ4v) is 3.97. The van der Waals surface area contributed by atoms with E-state index in [9.17, 15) is 0 Å². The largest absolute Gasteiger partial charge is 0.309 e. The zero-order valence-electron chi connectivity index (χ0n) is 10.5. The Morgan fingerprint density at radius 3 is 3.05 bits per heavy atom. The van der Waals surface area contributed by atoms with Gasteiger partial charge in [-0.2, -0.15) is 0 Å². The first-order chi connectivity index (χ1) is 9.26. The van der Waals surface area contributed by atoms with Gasteiger partial charge >= 0.3 is 0 Å². The standard InChI is InChI=1S/C13H14ClN3S2/c1-2-15-10(11-3-4-12(14)19-11)7-9-8-17-5-6-18-13(17)16-9/h3-6,8,10,15H,2,7H2,1H3. The molecular weight excluding hydrogens is 298 g/mol. The molecule has 0 saturated carbocycles. The number of nitrogens with one attached hydrogen (secondary N) is 1. The van der Waals surface area contributed by atoms with Crippen molar-refractivity contribution in [3.8, 4) is 0 Å². The number of halogens is 1. The van der Waals surface area contributed by atoms with E-state index in [1.54, 1.807) is 22.7 Å². The lowest BCUT2D eigenvalue weighted by atomic mass is 10.1. The Kier molecular flexibility index (Phi) is 3.88. The minimum absolute atomic E-state index is 0.284. The van der Waals surface area contributed by atoms with E-state index in [2.05, 4.69) is 33.9 Å². The third-order valence-corrected chi connectivity index (χ3v) is 5.06. The quantitative estimate of drug-likeness (QED) is 0.771. The van der Waals surface area contributed by atoms with Crippen LogP contribution in [0.1, 0.15) is 23.5 Å². The number of thiazole rings is 1. The molecule has 19 heavy (non-hydrogen) atoms. The topological polar surface area (TPSA) is 29.3 Å². The van der Waals surface area contributed by atoms with Crippen LogP contribution < -0.4 is 5.32 Å². The summed E-state index contributed by atoms with van der Waals surface area (Å²) in [6, 6.07) is 4.34. The van der Waals surface area contributed by atoms with E-state index in [0.717, 1.165) is 28.0 Å². The van der Waals surface area contributed by atoms with Gasteiger partial charge in [-0.15, -0.1) is 22.7 Å². The van der Waals surface area contributed by atoms with Crippen LogP contribution in [-0.4, -0.2) is 15.9 Å². The van der Waals surface area contributed by atoms with Crippen LogP contribution in [0.5, 0.6) is 0 Å². The Labute approximate surface area is 124 Å². The molecule has 0 fully saturated rings. The average Bonchev–Trinajstić information content (AvgIpc) is 3.03. The van der Waals surface area contributed by atoms with Crippen molar-refractivity contribution in [1.82, 2.24) is 14.7 Å². The van der Waals surface area contributed by atoms with E-state index < -0.39 is 0 Å². The summed E-state index contributed by atoms with van der Waals surface area (Å²) in [7, 11) is 0. The molecular formula is C13H14ClN3S2. The van der Waals surface area contributed by atoms with E-state index >= 15 is 0 Å². The third kappa shape index (κ3) is 2.84. The number of rotatable bonds is 5. The van der Waals surface area contributed by atoms with Crippen molar-refractivity contribution in [2.75, 3.05) is 6.54 Å². The number of likely N-dealkylation sites (N-methyl/N-ethyl adjacent to an activating group) is 1. The van der Waals surface area contributed by atoms with Crippen LogP contribution in [0, 0.1) is 0 Å². The molecule has 0 aliphatic carbocycles. The molecule has 1 N–H and O–H groups in total. The molecule has 0 radical (unpaired) electrons. The van der Waals surface area contributed by atoms with Gasteiger partial charge in [-0.25, -0.2) is 4.98 Å². The second kappa shape index (κ2) is 5.63. The molecule has 3 heterocycles. The van der Waals surface area contributed by atoms with Gasteiger partial charge in [0.05, 0.1) is 10.0 Å². The van der Waals surface area contributed by atoms with Gasteiger partial charge in [0.1, 0.15) is 0 Å². The molecule has 3 aromatic rings. The van der Waals surface area contributed by atoms with Gasteiger partial charge in [0.25, 0.3) is 0 Å². The first-order valence-electron chi connectivity index (χ1n) is 6.16. The van der Waals surface area contributed by atoms with Crippen LogP contribution in [0.2, 0.25) is 4.34 Å². The maximum atomic E-state index is 6.03. The van der Waals surface area contributed by atoms with Crippen molar-refractivity contribution < 1.29 is 0 Å². The Morgan fingerprint density at radius 2 is 2.37 bits per heavy atom. The van der Waals surface area contributed by atoms with Gasteiger partial charge < -0.3 is 5.32 Å². The molecule has 3 nitrogen and oxygen atoms in total. The van der Waals surface area contributed by atoms with E-state index in [-0.39, 0.29) is 6.04 Å². The molecule has 3 rings (SSSR count). The Morgan fingerprint density at radius 1 is 1.47 bits per heavy atom. The van der Waals surface area contributed by atoms with Gasteiger partial charge in [-0.3, -0.25) is 4.40 Å². The predicted octanol–water partition coefficient (Wildman–Crippen LogP) is 4.00. The number of fused-ring (bicyclic) bond motifs is 1. The highest BCUT2D eigenvalue weighted by Crippen LogP contribution is 2.29. The Balaban J connectivity index is 1.82. The summed E-state index contributed by atoms with van der Waals surface area (Å²) in [5.41, 5.74) is 1.11. The van der Waals surface area contributed by atoms with Crippen molar-refractivity contribution in [3.05, 3.63) is 44.8 Å². The van der Waals surface area contributed by atoms with E-state index in [1.807, 2.05) is 17.6 Å². The molecule has 1 atom stereocenters. The number of nitrogens with zero attached hydrogens (tertiary/aromatic N) is 2. The fraction of sp³-hybridized carbons (Fsp3) is 0.308. The van der Waals surface area contributed by atoms with Gasteiger partial charge in [0.15, 0.2) is 4.96 Å². The normalized spacial score (nSPS) is 13.2. The van der Waals surface area contributed by atoms with Crippen LogP contribution in [-0.2, 0) is 6.42 Å². The van der Waals surface area contributed by atoms with E-state index in [0.29, 0.717) is 0 Å². The van der Waals surface area contributed by atoms with Crippen molar-refractivity contribution in [3.63, 3.8) is 0 Å². The minimum Gasteiger partial charge on any atom is -0.309 e. The molecule has 0 amide bonds. The molecule has 3 aromatic heterocycles. The minimum atomic E-state index is 0.284. The zero-order chi connectivity index (χ0) is 13.2. The number of hydrogen-bond acceptors (Lipinski definition) is 4. The van der Waals surface area contributed by atoms with Crippen molar-refractivity contribution in [1.29, 1.82) is 0 Å². The molecule has 0 spiro atoms. The number of imidazole rings is 1. The molecule has 0 aliphatic heterocycles. The lowest BCUT2D eigenvalue weighted by Gasteiger charge is -2.14. The van der Waals surface area contributed by atoms with Crippen molar-refractivity contribution in [2.45, 2.75) is 19.4 Å². The van der Waals surface area contributed by atoms with Gasteiger partial charge in [-0.05, 0) is 18.7 Å². The first-order valence-corrected chi connectivity index (χ1v) is 8.23. The van der Waals surface area contributed by atoms with Gasteiger partial charge in [0, 0.05) is 35.1 Å². The number of hydrogen-bond donors (Lipinski definition) is 1. The van der Waals surface area contributed by atoms with Crippen LogP contribution >= 0.6 is 34.3 Å². The summed E-state index contributed by atoms with van der Waals surface area (Å²) >= 11 is 9.32. The third-order valence-electron chi connectivity index (χ3n) is 2.94. The molecule has 100 valence electrons. The maximum Gasteiger partial charge on any atom is 0.193 e. The predicted molar refractivity (Wildman–Crippen MR) is 82.5 cm³/mol. The molecule has 0 saturated heterocycles. The molecule has 0 aromatic carbocycles. The maximum absolute atomic E-state index is 6.03. The highest BCUT2D eigenvalue weighted by atomic mass is 35.5. The van der Waals surface area contributed by atoms with E-state index in [4.69, 9.17) is 11.6 Å². The average molecular weight is 312 g/mol. The first kappa shape index (κ1) is 13.1. The lowest BCUT2D eigenvalue weighted by molar-refractivity contribution is 0.553. The molecule has 1 unspecified atom stereocenters. The van der Waals surface area contributed by atoms with Gasteiger partial charge in [0.2, 0.25) is 0 Å². The van der Waals surface area contributed by atoms with E-state index in [1.165, 1.54) is 4.88 Å². The summed E-state index contributed by atoms with van der Waals surface area (Å²) in [5.74, 6) is 0. The summed E-state index contributed by atoms with van der Waals surface area (Å²) in [6.45, 7) is 3.05. The summed E-state index contributed by atoms with van der Waals surface area (Å²) in [5, 5.41) is 5.55. The zero-order valence-corrected chi connectivity index (χ0v) is 12.9. The molecule has 6 heteroatoms. The monoisotopic (exact) mass is 311 g/mol. The summed E-state index contributed by atoms with van der Waals surface area (Å²) in [6.07, 6.45) is 5.03. The fourth-order valence-electron chi connectivity index (χ4n) is 2.12. The highest BCUT2D eigenvalue weighted by molar-refractivity contribution is 7.16. The van der Waals surface area contributed by atoms with Crippen molar-refractivity contribution in [2.24, 2.45) is 0 Å². The summed E-state index contributed by atoms with van der Waals surface area (Å²) in [4.78, 5) is 6.96. The summed E-state index contributed by atoms with van der Waals surface area (Å²) < 4.78 is 2.91. The smallest absolute Gasteiger partial charge is 0.193 e. The highest BCUT2D eigenvalue weighted by Gasteiger charge is 2.15. The van der Waals surface area contributed by atoms with Crippen molar-refractivity contribution >= 4 is 39.2 Å². The van der Waals surface area contributed by atoms with Gasteiger partial charge in [-0.1, -0.05) is 18.5 Å². The second-order valence-electron chi connectivity index (χ2n) is 4.28. The Hall–Kier alpha value is -0.880. The van der Waals surface area contributed by atoms with Crippen LogP contribution in [0.3, 0.4) is 0 Å². The second-order valence-corrected chi connectivity index (χ2v) is 6.90. The van der Waals surface area contributed by atoms with Crippen LogP contribution in [0.15, 0.2) is 29.9 Å². The Bertz CT molecular complexity index is 642. The van der Waals surface area contributed by atoms with Crippen LogP contribution in [0.25, 0.3) is 4.96 Å². The lowest BCUT2D eigenvalue weighted by Crippen LogP contribution is -2.22. The number of aromatic nitrogens is 2. The molecule has 0 aliphatic rings. The number of thiophene rings is 1. The SMILES string of the molecule is CCNC(Cc1cn2ccsc2n1)c1ccc(Cl)s1. The molecule has 0 bridgehead atoms. The van der Waals surface area contributed by atoms with Crippen LogP contribution in [0.4, 0.5) is 0 Å².